The van der Waals surface area contributed by atoms with Crippen LogP contribution in [0, 0.1) is 6.92 Å². The number of methoxy groups -OCH3 is 1. The predicted octanol–water partition coefficient (Wildman–Crippen LogP) is 3.54. The zero-order chi connectivity index (χ0) is 18.0. The maximum Gasteiger partial charge on any atom is 0.374 e. The highest BCUT2D eigenvalue weighted by atomic mass is 16.5. The number of ether oxygens (including phenoxy) is 2. The van der Waals surface area contributed by atoms with Crippen LogP contribution in [-0.4, -0.2) is 34.8 Å². The number of rotatable bonds is 5. The fourth-order valence-electron chi connectivity index (χ4n) is 2.62. The number of aromatic hydroxyl groups is 1. The molecule has 3 rings (SSSR count). The van der Waals surface area contributed by atoms with Crippen LogP contribution in [0.3, 0.4) is 0 Å². The normalized spacial score (nSPS) is 10.7. The number of carbonyl (C=O) groups is 1. The van der Waals surface area contributed by atoms with E-state index in [0.29, 0.717) is 28.5 Å². The Morgan fingerprint density at radius 1 is 1.36 bits per heavy atom. The molecule has 2 N–H and O–H groups in total. The van der Waals surface area contributed by atoms with Crippen LogP contribution in [0.5, 0.6) is 11.5 Å². The molecule has 25 heavy (non-hydrogen) atoms. The highest BCUT2D eigenvalue weighted by molar-refractivity contribution is 5.88. The van der Waals surface area contributed by atoms with Crippen molar-refractivity contribution in [3.05, 3.63) is 41.9 Å². The number of esters is 1. The lowest BCUT2D eigenvalue weighted by molar-refractivity contribution is 0.0491. The van der Waals surface area contributed by atoms with Crippen LogP contribution in [-0.2, 0) is 4.74 Å². The van der Waals surface area contributed by atoms with Gasteiger partial charge in [-0.05, 0) is 37.6 Å². The molecule has 0 saturated heterocycles. The molecule has 7 heteroatoms. The van der Waals surface area contributed by atoms with Gasteiger partial charge in [0.05, 0.1) is 20.0 Å². The van der Waals surface area contributed by atoms with Gasteiger partial charge in [0.2, 0.25) is 5.76 Å². The van der Waals surface area contributed by atoms with E-state index in [0.717, 1.165) is 5.56 Å². The molecule has 7 nitrogen and oxygen atoms in total. The number of nitrogens with one attached hydrogen (secondary N) is 1. The van der Waals surface area contributed by atoms with Gasteiger partial charge in [0.15, 0.2) is 5.76 Å². The molecular formula is C18H18N2O5. The van der Waals surface area contributed by atoms with E-state index in [-0.39, 0.29) is 18.1 Å². The van der Waals surface area contributed by atoms with E-state index in [1.807, 2.05) is 6.92 Å². The summed E-state index contributed by atoms with van der Waals surface area (Å²) < 4.78 is 15.7. The van der Waals surface area contributed by atoms with Gasteiger partial charge in [0.25, 0.3) is 0 Å². The topological polar surface area (TPSA) is 97.6 Å². The number of aromatic nitrogens is 2. The molecule has 3 aromatic rings. The van der Waals surface area contributed by atoms with E-state index >= 15 is 0 Å². The fourth-order valence-corrected chi connectivity index (χ4v) is 2.62. The summed E-state index contributed by atoms with van der Waals surface area (Å²) in [5.74, 6) is 0.595. The van der Waals surface area contributed by atoms with Crippen molar-refractivity contribution < 1.29 is 23.8 Å². The molecule has 2 aromatic heterocycles. The number of phenolic OH excluding ortho intramolecular Hbond substituents is 1. The van der Waals surface area contributed by atoms with Gasteiger partial charge in [-0.1, -0.05) is 0 Å². The summed E-state index contributed by atoms with van der Waals surface area (Å²) in [4.78, 5) is 19.1. The van der Waals surface area contributed by atoms with Gasteiger partial charge < -0.3 is 24.0 Å². The first-order valence-electron chi connectivity index (χ1n) is 7.73. The van der Waals surface area contributed by atoms with E-state index < -0.39 is 5.97 Å². The van der Waals surface area contributed by atoms with Crippen molar-refractivity contribution in [2.45, 2.75) is 13.8 Å². The van der Waals surface area contributed by atoms with Crippen LogP contribution < -0.4 is 4.74 Å². The molecule has 0 bridgehead atoms. The summed E-state index contributed by atoms with van der Waals surface area (Å²) in [5.41, 5.74) is 2.43. The van der Waals surface area contributed by atoms with E-state index in [9.17, 15) is 9.90 Å². The molecule has 1 aromatic carbocycles. The van der Waals surface area contributed by atoms with Gasteiger partial charge in [-0.2, -0.15) is 0 Å². The second kappa shape index (κ2) is 6.72. The van der Waals surface area contributed by atoms with Crippen LogP contribution >= 0.6 is 0 Å². The lowest BCUT2D eigenvalue weighted by Crippen LogP contribution is -2.02. The number of imidazole rings is 1. The Morgan fingerprint density at radius 3 is 2.84 bits per heavy atom. The quantitative estimate of drug-likeness (QED) is 0.688. The molecule has 0 aliphatic carbocycles. The Bertz CT molecular complexity index is 887. The number of nitrogens with zero attached hydrogens (tertiary/aromatic N) is 1. The third-order valence-corrected chi connectivity index (χ3v) is 3.73. The Kier molecular flexibility index (Phi) is 4.47. The average Bonchev–Trinajstić information content (AvgIpc) is 3.23. The molecule has 0 fully saturated rings. The number of hydrogen-bond donors (Lipinski definition) is 2. The summed E-state index contributed by atoms with van der Waals surface area (Å²) >= 11 is 0. The Morgan fingerprint density at radius 2 is 2.16 bits per heavy atom. The van der Waals surface area contributed by atoms with Crippen molar-refractivity contribution in [2.24, 2.45) is 0 Å². The van der Waals surface area contributed by atoms with Crippen molar-refractivity contribution in [2.75, 3.05) is 13.7 Å². The number of H-pyrrole nitrogens is 1. The maximum atomic E-state index is 11.8. The minimum absolute atomic E-state index is 0.0439. The zero-order valence-electron chi connectivity index (χ0n) is 14.1. The van der Waals surface area contributed by atoms with Gasteiger partial charge >= 0.3 is 5.97 Å². The van der Waals surface area contributed by atoms with Crippen LogP contribution in [0.15, 0.2) is 35.0 Å². The molecule has 0 spiro atoms. The first-order valence-corrected chi connectivity index (χ1v) is 7.73. The molecule has 0 aliphatic heterocycles. The van der Waals surface area contributed by atoms with Crippen molar-refractivity contribution in [3.8, 4) is 34.2 Å². The van der Waals surface area contributed by atoms with E-state index in [2.05, 4.69) is 9.97 Å². The van der Waals surface area contributed by atoms with Crippen molar-refractivity contribution in [3.63, 3.8) is 0 Å². The Hall–Kier alpha value is -3.22. The number of furan rings is 1. The third-order valence-electron chi connectivity index (χ3n) is 3.73. The molecule has 2 heterocycles. The molecule has 0 saturated carbocycles. The first kappa shape index (κ1) is 16.6. The second-order valence-electron chi connectivity index (χ2n) is 5.35. The first-order chi connectivity index (χ1) is 12.0. The largest absolute Gasteiger partial charge is 0.507 e. The molecule has 0 atom stereocenters. The van der Waals surface area contributed by atoms with Crippen LogP contribution in [0.4, 0.5) is 0 Å². The van der Waals surface area contributed by atoms with Crippen molar-refractivity contribution in [1.82, 2.24) is 9.97 Å². The monoisotopic (exact) mass is 342 g/mol. The molecule has 0 amide bonds. The van der Waals surface area contributed by atoms with Crippen LogP contribution in [0.1, 0.15) is 23.0 Å². The highest BCUT2D eigenvalue weighted by Gasteiger charge is 2.21. The van der Waals surface area contributed by atoms with Gasteiger partial charge in [0, 0.05) is 11.6 Å². The summed E-state index contributed by atoms with van der Waals surface area (Å²) in [6, 6.07) is 6.52. The smallest absolute Gasteiger partial charge is 0.374 e. The molecule has 0 unspecified atom stereocenters. The predicted molar refractivity (Wildman–Crippen MR) is 90.6 cm³/mol. The Labute approximate surface area is 144 Å². The average molecular weight is 342 g/mol. The molecule has 130 valence electrons. The van der Waals surface area contributed by atoms with Gasteiger partial charge in [-0.25, -0.2) is 9.78 Å². The SMILES string of the molecule is CCOC(=O)c1ccc(-c2[nH]cnc2-c2c(C)cc(OC)cc2O)o1. The molecular weight excluding hydrogens is 324 g/mol. The van der Waals surface area contributed by atoms with E-state index in [4.69, 9.17) is 13.9 Å². The number of aromatic amines is 1. The third kappa shape index (κ3) is 3.08. The number of phenols is 1. The number of carbonyl (C=O) groups excluding carboxylic acids is 1. The summed E-state index contributed by atoms with van der Waals surface area (Å²) in [6.07, 6.45) is 1.50. The standard InChI is InChI=1S/C18H18N2O5/c1-4-24-18(22)14-6-5-13(25-14)16-17(20-9-19-16)15-10(2)7-11(23-3)8-12(15)21/h5-9,21H,4H2,1-3H3,(H,19,20). The summed E-state index contributed by atoms with van der Waals surface area (Å²) in [7, 11) is 1.54. The van der Waals surface area contributed by atoms with E-state index in [1.165, 1.54) is 19.5 Å². The minimum Gasteiger partial charge on any atom is -0.507 e. The van der Waals surface area contributed by atoms with E-state index in [1.54, 1.807) is 25.1 Å². The van der Waals surface area contributed by atoms with Crippen molar-refractivity contribution >= 4 is 5.97 Å². The van der Waals surface area contributed by atoms with Gasteiger partial charge in [0.1, 0.15) is 22.9 Å². The molecule has 0 aliphatic rings. The molecule has 0 radical (unpaired) electrons. The van der Waals surface area contributed by atoms with Gasteiger partial charge in [-0.15, -0.1) is 0 Å². The number of benzene rings is 1. The van der Waals surface area contributed by atoms with Crippen LogP contribution in [0.2, 0.25) is 0 Å². The number of hydrogen-bond acceptors (Lipinski definition) is 6. The Balaban J connectivity index is 2.04. The maximum absolute atomic E-state index is 11.8. The fraction of sp³-hybridized carbons (Fsp3) is 0.222. The number of aryl methyl sites for hydroxylation is 1. The lowest BCUT2D eigenvalue weighted by atomic mass is 10.0. The zero-order valence-corrected chi connectivity index (χ0v) is 14.1. The second-order valence-corrected chi connectivity index (χ2v) is 5.35. The highest BCUT2D eigenvalue weighted by Crippen LogP contribution is 2.39. The summed E-state index contributed by atoms with van der Waals surface area (Å²) in [6.45, 7) is 3.84. The lowest BCUT2D eigenvalue weighted by Gasteiger charge is -2.10. The van der Waals surface area contributed by atoms with Gasteiger partial charge in [-0.3, -0.25) is 0 Å². The minimum atomic E-state index is -0.529. The summed E-state index contributed by atoms with van der Waals surface area (Å²) in [5, 5.41) is 10.4. The van der Waals surface area contributed by atoms with Crippen molar-refractivity contribution in [1.29, 1.82) is 0 Å². The van der Waals surface area contributed by atoms with Crippen LogP contribution in [0.25, 0.3) is 22.7 Å².